The number of nitrogens with one attached hydrogen (secondary N) is 1. The van der Waals surface area contributed by atoms with E-state index in [9.17, 15) is 9.59 Å². The summed E-state index contributed by atoms with van der Waals surface area (Å²) in [5.74, 6) is -1.07. The molecule has 1 aromatic rings. The molecule has 0 spiro atoms. The minimum atomic E-state index is -0.988. The maximum atomic E-state index is 11.9. The van der Waals surface area contributed by atoms with E-state index in [0.29, 0.717) is 11.0 Å². The van der Waals surface area contributed by atoms with E-state index in [1.807, 2.05) is 0 Å². The van der Waals surface area contributed by atoms with E-state index in [2.05, 4.69) is 12.2 Å². The standard InChI is InChI=1S/C14H17NO3S/c1-2-14(5-6-14)9-15-13(18)10-7-11(19-8-10)3-4-12(16)17/h3-4,7-8H,2,5-6,9H2,1H3,(H,15,18)(H,16,17)/b4-3+. The van der Waals surface area contributed by atoms with Crippen molar-refractivity contribution in [2.75, 3.05) is 6.54 Å². The van der Waals surface area contributed by atoms with Crippen molar-refractivity contribution >= 4 is 29.3 Å². The molecule has 5 heteroatoms. The summed E-state index contributed by atoms with van der Waals surface area (Å²) < 4.78 is 0. The fourth-order valence-corrected chi connectivity index (χ4v) is 2.69. The van der Waals surface area contributed by atoms with Gasteiger partial charge in [-0.15, -0.1) is 11.3 Å². The Hall–Kier alpha value is -1.62. The predicted octanol–water partition coefficient (Wildman–Crippen LogP) is 2.77. The van der Waals surface area contributed by atoms with Crippen molar-refractivity contribution in [2.24, 2.45) is 5.41 Å². The summed E-state index contributed by atoms with van der Waals surface area (Å²) in [7, 11) is 0. The number of hydrogen-bond acceptors (Lipinski definition) is 3. The van der Waals surface area contributed by atoms with Gasteiger partial charge in [-0.3, -0.25) is 4.79 Å². The second-order valence-corrected chi connectivity index (χ2v) is 5.89. The van der Waals surface area contributed by atoms with Crippen molar-refractivity contribution in [3.8, 4) is 0 Å². The summed E-state index contributed by atoms with van der Waals surface area (Å²) in [6.07, 6.45) is 6.06. The summed E-state index contributed by atoms with van der Waals surface area (Å²) in [6.45, 7) is 2.89. The van der Waals surface area contributed by atoms with Crippen molar-refractivity contribution in [1.82, 2.24) is 5.32 Å². The van der Waals surface area contributed by atoms with E-state index in [-0.39, 0.29) is 5.91 Å². The van der Waals surface area contributed by atoms with Crippen LogP contribution in [0.4, 0.5) is 0 Å². The maximum absolute atomic E-state index is 11.9. The van der Waals surface area contributed by atoms with Gasteiger partial charge in [0.1, 0.15) is 0 Å². The fourth-order valence-electron chi connectivity index (χ4n) is 1.91. The molecule has 1 aliphatic rings. The van der Waals surface area contributed by atoms with Crippen molar-refractivity contribution in [3.63, 3.8) is 0 Å². The Morgan fingerprint density at radius 3 is 2.84 bits per heavy atom. The third kappa shape index (κ3) is 3.67. The second kappa shape index (κ2) is 5.57. The van der Waals surface area contributed by atoms with Crippen molar-refractivity contribution in [3.05, 3.63) is 28.0 Å². The molecule has 1 heterocycles. The number of hydrogen-bond donors (Lipinski definition) is 2. The molecule has 0 atom stereocenters. The Bertz CT molecular complexity index is 515. The monoisotopic (exact) mass is 279 g/mol. The number of rotatable bonds is 6. The normalized spacial score (nSPS) is 16.5. The Labute approximate surface area is 116 Å². The van der Waals surface area contributed by atoms with Crippen LogP contribution >= 0.6 is 11.3 Å². The number of carbonyl (C=O) groups excluding carboxylic acids is 1. The molecule has 2 rings (SSSR count). The van der Waals surface area contributed by atoms with Gasteiger partial charge in [0.2, 0.25) is 0 Å². The zero-order chi connectivity index (χ0) is 13.9. The van der Waals surface area contributed by atoms with Crippen molar-refractivity contribution in [2.45, 2.75) is 26.2 Å². The van der Waals surface area contributed by atoms with Gasteiger partial charge in [-0.05, 0) is 36.8 Å². The lowest BCUT2D eigenvalue weighted by molar-refractivity contribution is -0.131. The molecular formula is C14H17NO3S. The topological polar surface area (TPSA) is 66.4 Å². The van der Waals surface area contributed by atoms with Crippen LogP contribution in [0.25, 0.3) is 6.08 Å². The average Bonchev–Trinajstić information content (AvgIpc) is 3.02. The number of carboxylic acids is 1. The SMILES string of the molecule is CCC1(CNC(=O)c2csc(/C=C/C(=O)O)c2)CC1. The van der Waals surface area contributed by atoms with Gasteiger partial charge in [-0.1, -0.05) is 6.92 Å². The summed E-state index contributed by atoms with van der Waals surface area (Å²) in [6, 6.07) is 1.71. The number of amides is 1. The van der Waals surface area contributed by atoms with E-state index < -0.39 is 5.97 Å². The van der Waals surface area contributed by atoms with Crippen LogP contribution in [0.3, 0.4) is 0 Å². The third-order valence-corrected chi connectivity index (χ3v) is 4.50. The molecule has 0 aromatic carbocycles. The quantitative estimate of drug-likeness (QED) is 0.787. The minimum absolute atomic E-state index is 0.0778. The first-order valence-corrected chi connectivity index (χ1v) is 7.20. The van der Waals surface area contributed by atoms with Gasteiger partial charge >= 0.3 is 5.97 Å². The molecule has 0 saturated heterocycles. The van der Waals surface area contributed by atoms with E-state index in [1.54, 1.807) is 11.4 Å². The van der Waals surface area contributed by atoms with Gasteiger partial charge in [0.25, 0.3) is 5.91 Å². The Morgan fingerprint density at radius 1 is 1.53 bits per heavy atom. The molecule has 0 aliphatic heterocycles. The lowest BCUT2D eigenvalue weighted by Gasteiger charge is -2.12. The highest BCUT2D eigenvalue weighted by Crippen LogP contribution is 2.47. The van der Waals surface area contributed by atoms with Crippen LogP contribution in [0, 0.1) is 5.41 Å². The number of thiophene rings is 1. The van der Waals surface area contributed by atoms with Crippen LogP contribution in [0.1, 0.15) is 41.4 Å². The summed E-state index contributed by atoms with van der Waals surface area (Å²) >= 11 is 1.36. The summed E-state index contributed by atoms with van der Waals surface area (Å²) in [5.41, 5.74) is 0.930. The lowest BCUT2D eigenvalue weighted by Crippen LogP contribution is -2.29. The predicted molar refractivity (Wildman–Crippen MR) is 75.3 cm³/mol. The van der Waals surface area contributed by atoms with Gasteiger partial charge in [-0.2, -0.15) is 0 Å². The smallest absolute Gasteiger partial charge is 0.328 e. The zero-order valence-electron chi connectivity index (χ0n) is 10.8. The molecule has 102 valence electrons. The lowest BCUT2D eigenvalue weighted by atomic mass is 10.0. The minimum Gasteiger partial charge on any atom is -0.478 e. The summed E-state index contributed by atoms with van der Waals surface area (Å²) in [4.78, 5) is 23.1. The van der Waals surface area contributed by atoms with Crippen LogP contribution in [0.5, 0.6) is 0 Å². The maximum Gasteiger partial charge on any atom is 0.328 e. The molecule has 0 bridgehead atoms. The molecule has 0 radical (unpaired) electrons. The van der Waals surface area contributed by atoms with Crippen molar-refractivity contribution in [1.29, 1.82) is 0 Å². The molecular weight excluding hydrogens is 262 g/mol. The van der Waals surface area contributed by atoms with E-state index >= 15 is 0 Å². The Kier molecular flexibility index (Phi) is 4.04. The van der Waals surface area contributed by atoms with Gasteiger partial charge < -0.3 is 10.4 Å². The first kappa shape index (κ1) is 13.8. The van der Waals surface area contributed by atoms with Gasteiger partial charge in [0.05, 0.1) is 5.56 Å². The molecule has 4 nitrogen and oxygen atoms in total. The molecule has 1 saturated carbocycles. The largest absolute Gasteiger partial charge is 0.478 e. The zero-order valence-corrected chi connectivity index (χ0v) is 11.6. The molecule has 0 unspecified atom stereocenters. The molecule has 19 heavy (non-hydrogen) atoms. The van der Waals surface area contributed by atoms with Gasteiger partial charge in [0, 0.05) is 22.9 Å². The Balaban J connectivity index is 1.91. The highest BCUT2D eigenvalue weighted by Gasteiger charge is 2.40. The molecule has 2 N–H and O–H groups in total. The van der Waals surface area contributed by atoms with E-state index in [4.69, 9.17) is 5.11 Å². The van der Waals surface area contributed by atoms with Crippen LogP contribution in [-0.2, 0) is 4.79 Å². The first-order valence-electron chi connectivity index (χ1n) is 6.32. The molecule has 1 fully saturated rings. The highest BCUT2D eigenvalue weighted by molar-refractivity contribution is 7.11. The third-order valence-electron chi connectivity index (χ3n) is 3.60. The number of carboxylic acid groups (broad SMARTS) is 1. The number of aliphatic carboxylic acids is 1. The Morgan fingerprint density at radius 2 is 2.26 bits per heavy atom. The van der Waals surface area contributed by atoms with Crippen LogP contribution in [-0.4, -0.2) is 23.5 Å². The van der Waals surface area contributed by atoms with Crippen LogP contribution in [0.15, 0.2) is 17.5 Å². The van der Waals surface area contributed by atoms with Crippen LogP contribution in [0.2, 0.25) is 0 Å². The fraction of sp³-hybridized carbons (Fsp3) is 0.429. The highest BCUT2D eigenvalue weighted by atomic mass is 32.1. The second-order valence-electron chi connectivity index (χ2n) is 4.95. The van der Waals surface area contributed by atoms with Gasteiger partial charge in [-0.25, -0.2) is 4.79 Å². The first-order chi connectivity index (χ1) is 9.04. The molecule has 1 aromatic heterocycles. The van der Waals surface area contributed by atoms with Crippen molar-refractivity contribution < 1.29 is 14.7 Å². The van der Waals surface area contributed by atoms with Gasteiger partial charge in [0.15, 0.2) is 0 Å². The number of carbonyl (C=O) groups is 2. The van der Waals surface area contributed by atoms with E-state index in [1.165, 1.54) is 30.3 Å². The molecule has 1 aliphatic carbocycles. The molecule has 1 amide bonds. The average molecular weight is 279 g/mol. The summed E-state index contributed by atoms with van der Waals surface area (Å²) in [5, 5.41) is 13.2. The van der Waals surface area contributed by atoms with E-state index in [0.717, 1.165) is 23.9 Å². The van der Waals surface area contributed by atoms with Crippen LogP contribution < -0.4 is 5.32 Å².